The number of aliphatic imine (C=N–C) groups is 1. The number of aromatic nitrogens is 2. The zero-order valence-electron chi connectivity index (χ0n) is 53.9. The second-order valence-electron chi connectivity index (χ2n) is 23.6. The topological polar surface area (TPSA) is 442 Å². The van der Waals surface area contributed by atoms with Gasteiger partial charge < -0.3 is 52.0 Å². The number of carboxylic acid groups (broad SMARTS) is 3. The number of fused-ring (bicyclic) bond motifs is 8. The second kappa shape index (κ2) is 37.4. The van der Waals surface area contributed by atoms with Gasteiger partial charge in [0.05, 0.1) is 23.2 Å². The maximum atomic E-state index is 13.8. The molecule has 2 aromatic carbocycles. The van der Waals surface area contributed by atoms with Gasteiger partial charge in [-0.2, -0.15) is 9.82 Å². The summed E-state index contributed by atoms with van der Waals surface area (Å²) in [5.74, 6) is -8.23. The molecule has 34 nitrogen and oxygen atoms in total. The van der Waals surface area contributed by atoms with E-state index in [0.29, 0.717) is 83.1 Å². The van der Waals surface area contributed by atoms with Crippen molar-refractivity contribution in [3.63, 3.8) is 0 Å². The third-order valence-corrected chi connectivity index (χ3v) is 21.9. The number of sulfonamides is 1. The third-order valence-electron chi connectivity index (χ3n) is 16.0. The van der Waals surface area contributed by atoms with E-state index in [1.54, 1.807) is 24.4 Å². The van der Waals surface area contributed by atoms with Crippen LogP contribution in [0.15, 0.2) is 58.8 Å². The second-order valence-corrected chi connectivity index (χ2v) is 28.9. The van der Waals surface area contributed by atoms with Crippen molar-refractivity contribution in [1.29, 1.82) is 0 Å². The van der Waals surface area contributed by atoms with E-state index >= 15 is 0 Å². The molecule has 524 valence electrons. The summed E-state index contributed by atoms with van der Waals surface area (Å²) in [4.78, 5) is 141. The number of nitrogens with zero attached hydrogens (tertiary/aromatic N) is 7. The van der Waals surface area contributed by atoms with Gasteiger partial charge in [0.15, 0.2) is 5.96 Å². The van der Waals surface area contributed by atoms with Crippen LogP contribution in [-0.4, -0.2) is 284 Å². The summed E-state index contributed by atoms with van der Waals surface area (Å²) >= 11 is -4.10. The minimum atomic E-state index is -4.47. The molecule has 0 radical (unpaired) electrons. The Labute approximate surface area is 564 Å². The van der Waals surface area contributed by atoms with E-state index in [0.717, 1.165) is 37.4 Å². The molecule has 0 saturated carbocycles. The van der Waals surface area contributed by atoms with Gasteiger partial charge in [0.2, 0.25) is 27.7 Å². The summed E-state index contributed by atoms with van der Waals surface area (Å²) < 4.78 is 54.2. The standard InChI is InChI=1S/C60H89N15O19S.In/c1-39-29-45(30-40(2)55(39)95(92,93)70-47(59(90)91)34-67-56(87)42-8-11-48-44(31-42)33-68-75(48)19-6-16-65-60-63-14-5-15-64-60)94-28-4-7-49(77)61-17-18-62-58(89)46(10-13-52(81)82)69-57(88)43(9-12-51(79)80)32-66-50(78)36-72-22-26-73(37-53(83)84)24-20-71(35-41(3)76)21-25-74(27-23-72)38-54(85)86;/h8,11,29-31,33,43,46-47,70,76H,3-7,9-10,12-28,32,34-38H2,1-2H3,(H,61,77)(H,62,89)(H,66,78)(H,67,87)(H,69,88)(H,79,80)(H,81,82)(H,83,84)(H,85,86)(H,90,91)(H2,63,64,65);/q;+3/p-3/t43-,46?,47+;/m1./s1. The number of hydrogen-bond donors (Lipinski definition) is 11. The van der Waals surface area contributed by atoms with Crippen LogP contribution in [0.3, 0.4) is 0 Å². The number of carboxylic acids is 3. The van der Waals surface area contributed by atoms with E-state index in [1.807, 2.05) is 19.4 Å². The van der Waals surface area contributed by atoms with Crippen molar-refractivity contribution < 1.29 is 85.0 Å². The molecule has 11 N–H and O–H groups in total. The number of aliphatic carboxylic acids is 3. The first-order chi connectivity index (χ1) is 45.9. The average molecular weight is 1470 g/mol. The Hall–Kier alpha value is -8.16. The Morgan fingerprint density at radius 2 is 1.38 bits per heavy atom. The number of carbonyl (C=O) groups excluding carboxylic acids is 7. The Morgan fingerprint density at radius 1 is 0.729 bits per heavy atom. The number of nitrogens with one attached hydrogen (secondary N) is 8. The summed E-state index contributed by atoms with van der Waals surface area (Å²) in [5, 5.41) is 53.6. The Balaban J connectivity index is 0.832. The minimum absolute atomic E-state index is 0.0187. The van der Waals surface area contributed by atoms with E-state index < -0.39 is 130 Å². The zero-order valence-corrected chi connectivity index (χ0v) is 58.0. The summed E-state index contributed by atoms with van der Waals surface area (Å²) in [5.41, 5.74) is 1.46. The van der Waals surface area contributed by atoms with Crippen molar-refractivity contribution in [1.82, 2.24) is 71.3 Å². The Kier molecular flexibility index (Phi) is 29.3. The third kappa shape index (κ3) is 24.8. The van der Waals surface area contributed by atoms with Crippen LogP contribution in [0.5, 0.6) is 5.75 Å². The molecule has 36 heteroatoms. The quantitative estimate of drug-likeness (QED) is 0.0284. The van der Waals surface area contributed by atoms with Gasteiger partial charge in [0, 0.05) is 76.0 Å². The molecule has 5 amide bonds. The van der Waals surface area contributed by atoms with E-state index in [4.69, 9.17) is 13.3 Å². The predicted molar refractivity (Wildman–Crippen MR) is 344 cm³/mol. The van der Waals surface area contributed by atoms with Crippen LogP contribution in [0, 0.1) is 19.8 Å². The molecule has 4 aliphatic heterocycles. The molecule has 96 heavy (non-hydrogen) atoms. The Morgan fingerprint density at radius 3 is 2.02 bits per heavy atom. The van der Waals surface area contributed by atoms with Crippen molar-refractivity contribution >= 4 is 109 Å². The van der Waals surface area contributed by atoms with E-state index in [2.05, 4.69) is 63.5 Å². The number of ether oxygens (including phenoxy) is 1. The molecule has 4 bridgehead atoms. The molecule has 3 unspecified atom stereocenters. The van der Waals surface area contributed by atoms with Crippen LogP contribution >= 0.6 is 0 Å². The number of guanidine groups is 1. The van der Waals surface area contributed by atoms with Crippen molar-refractivity contribution in [2.75, 3.05) is 131 Å². The van der Waals surface area contributed by atoms with Crippen LogP contribution in [0.4, 0.5) is 0 Å². The molecule has 5 atom stereocenters. The number of aryl methyl sites for hydroxylation is 3. The van der Waals surface area contributed by atoms with Gasteiger partial charge in [-0.15, -0.1) is 0 Å². The number of amides is 5. The maximum absolute atomic E-state index is 13.8. The fraction of sp³-hybridized carbons (Fsp3) is 0.567. The molecule has 4 aliphatic rings. The molecule has 0 spiro atoms. The van der Waals surface area contributed by atoms with E-state index in [1.165, 1.54) is 26.0 Å². The summed E-state index contributed by atoms with van der Waals surface area (Å²) in [6.07, 6.45) is 1.90. The zero-order chi connectivity index (χ0) is 69.3. The molecule has 3 fully saturated rings. The summed E-state index contributed by atoms with van der Waals surface area (Å²) in [6, 6.07) is 4.66. The van der Waals surface area contributed by atoms with Crippen LogP contribution in [0.2, 0.25) is 0 Å². The Bertz CT molecular complexity index is 3390. The first-order valence-electron chi connectivity index (χ1n) is 31.8. The van der Waals surface area contributed by atoms with Crippen molar-refractivity contribution in [3.05, 3.63) is 65.6 Å². The summed E-state index contributed by atoms with van der Waals surface area (Å²) in [6.45, 7) is 12.0. The SMILES string of the molecule is C=C1CN2CCN3CCN(CC(=O)NC[C@@H](CCC(=O)O)C(=O)NC(CCC(=O)O)C(=O)NCCNC(=O)CCCOc4cc(C)c(S(=O)(=O)N[C@@H](CNC(=O)c5ccc6c(cnn6CCCNC6=NCCCN6)c5)C(=O)O)c(C)c4)CCN(CC2)CC(=O)[O][In]([O]1)[O]C(=O)C3. The molecular weight excluding hydrogens is 1380 g/mol. The van der Waals surface area contributed by atoms with Gasteiger partial charge in [-0.3, -0.25) is 43.2 Å². The van der Waals surface area contributed by atoms with Gasteiger partial charge in [0.25, 0.3) is 5.91 Å². The number of hydrogen-bond acceptors (Lipinski definition) is 24. The molecule has 1 aromatic heterocycles. The average Bonchev–Trinajstić information content (AvgIpc) is 0.984. The van der Waals surface area contributed by atoms with Crippen LogP contribution < -0.4 is 46.7 Å². The van der Waals surface area contributed by atoms with Gasteiger partial charge in [-0.05, 0) is 87.4 Å². The summed E-state index contributed by atoms with van der Waals surface area (Å²) in [7, 11) is -4.47. The van der Waals surface area contributed by atoms with Gasteiger partial charge in [-0.25, -0.2) is 8.42 Å². The molecule has 0 aliphatic carbocycles. The molecule has 3 aromatic rings. The van der Waals surface area contributed by atoms with E-state index in [-0.39, 0.29) is 98.9 Å². The van der Waals surface area contributed by atoms with Gasteiger partial charge in [0.1, 0.15) is 17.8 Å². The number of rotatable bonds is 32. The molecular formula is C60H86InN15O19S. The first kappa shape index (κ1) is 75.2. The normalized spacial score (nSPS) is 18.9. The van der Waals surface area contributed by atoms with Crippen molar-refractivity contribution in [2.24, 2.45) is 10.9 Å². The van der Waals surface area contributed by atoms with E-state index in [9.17, 15) is 71.7 Å². The van der Waals surface area contributed by atoms with Crippen molar-refractivity contribution in [3.8, 4) is 5.75 Å². The monoisotopic (exact) mass is 1470 g/mol. The first-order valence-corrected chi connectivity index (χ1v) is 37.3. The number of benzene rings is 2. The molecule has 7 rings (SSSR count). The van der Waals surface area contributed by atoms with Crippen LogP contribution in [-0.2, 0) is 68.3 Å². The number of carbonyl (C=O) groups is 10. The predicted octanol–water partition coefficient (Wildman–Crippen LogP) is -2.67. The van der Waals surface area contributed by atoms with Gasteiger partial charge >= 0.3 is 210 Å². The fourth-order valence-corrected chi connectivity index (χ4v) is 15.7. The van der Waals surface area contributed by atoms with Crippen LogP contribution in [0.25, 0.3) is 10.9 Å². The molecule has 5 heterocycles. The fourth-order valence-electron chi connectivity index (χ4n) is 11.0. The van der Waals surface area contributed by atoms with Gasteiger partial charge in [-0.1, -0.05) is 0 Å². The molecule has 3 saturated heterocycles. The van der Waals surface area contributed by atoms with Crippen LogP contribution in [0.1, 0.15) is 72.9 Å². The van der Waals surface area contributed by atoms with Crippen molar-refractivity contribution in [2.45, 2.75) is 88.7 Å².